The van der Waals surface area contributed by atoms with Gasteiger partial charge in [-0.05, 0) is 37.1 Å². The molecule has 0 aliphatic carbocycles. The average Bonchev–Trinajstić information content (AvgIpc) is 2.75. The van der Waals surface area contributed by atoms with Crippen LogP contribution < -0.4 is 5.73 Å². The summed E-state index contributed by atoms with van der Waals surface area (Å²) >= 11 is 0. The van der Waals surface area contributed by atoms with Gasteiger partial charge in [-0.15, -0.1) is 0 Å². The fourth-order valence-electron chi connectivity index (χ4n) is 2.29. The van der Waals surface area contributed by atoms with Crippen LogP contribution >= 0.6 is 0 Å². The average molecular weight is 292 g/mol. The van der Waals surface area contributed by atoms with Crippen molar-refractivity contribution >= 4 is 10.0 Å². The lowest BCUT2D eigenvalue weighted by molar-refractivity contribution is 0.424. The van der Waals surface area contributed by atoms with Gasteiger partial charge in [0.05, 0.1) is 11.4 Å². The second-order valence-electron chi connectivity index (χ2n) is 4.85. The van der Waals surface area contributed by atoms with Gasteiger partial charge in [0.1, 0.15) is 0 Å². The van der Waals surface area contributed by atoms with Crippen molar-refractivity contribution in [3.63, 3.8) is 0 Å². The molecule has 20 heavy (non-hydrogen) atoms. The third-order valence-corrected chi connectivity index (χ3v) is 5.30. The molecule has 0 aromatic heterocycles. The van der Waals surface area contributed by atoms with Gasteiger partial charge in [-0.2, -0.15) is 4.31 Å². The van der Waals surface area contributed by atoms with E-state index in [0.29, 0.717) is 24.5 Å². The van der Waals surface area contributed by atoms with E-state index in [2.05, 4.69) is 11.8 Å². The van der Waals surface area contributed by atoms with Gasteiger partial charge in [0.15, 0.2) is 0 Å². The number of benzene rings is 1. The molecule has 1 aromatic rings. The third kappa shape index (κ3) is 3.60. The number of rotatable bonds is 2. The van der Waals surface area contributed by atoms with Crippen molar-refractivity contribution < 1.29 is 8.42 Å². The van der Waals surface area contributed by atoms with Crippen LogP contribution in [0, 0.1) is 11.8 Å². The molecule has 0 radical (unpaired) electrons. The number of nitrogens with zero attached hydrogens (tertiary/aromatic N) is 1. The number of hydrogen-bond donors (Lipinski definition) is 1. The van der Waals surface area contributed by atoms with Crippen LogP contribution in [0.25, 0.3) is 0 Å². The Morgan fingerprint density at radius 2 is 1.65 bits per heavy atom. The van der Waals surface area contributed by atoms with Crippen LogP contribution in [0.5, 0.6) is 0 Å². The molecule has 1 fully saturated rings. The molecule has 1 heterocycles. The highest BCUT2D eigenvalue weighted by Gasteiger charge is 2.24. The Morgan fingerprint density at radius 3 is 2.20 bits per heavy atom. The van der Waals surface area contributed by atoms with E-state index in [1.54, 1.807) is 28.6 Å². The summed E-state index contributed by atoms with van der Waals surface area (Å²) in [6.45, 7) is 1.54. The molecule has 4 nitrogen and oxygen atoms in total. The summed E-state index contributed by atoms with van der Waals surface area (Å²) in [6.07, 6.45) is 4.11. The van der Waals surface area contributed by atoms with Gasteiger partial charge in [-0.1, -0.05) is 24.7 Å². The first-order valence-corrected chi connectivity index (χ1v) is 8.38. The Morgan fingerprint density at radius 1 is 1.05 bits per heavy atom. The van der Waals surface area contributed by atoms with Crippen molar-refractivity contribution in [2.24, 2.45) is 5.73 Å². The maximum atomic E-state index is 12.5. The lowest BCUT2D eigenvalue weighted by atomic mass is 10.2. The van der Waals surface area contributed by atoms with Gasteiger partial charge in [0, 0.05) is 18.7 Å². The van der Waals surface area contributed by atoms with Gasteiger partial charge in [-0.25, -0.2) is 8.42 Å². The minimum atomic E-state index is -3.36. The van der Waals surface area contributed by atoms with Crippen molar-refractivity contribution in [3.8, 4) is 11.8 Å². The number of hydrogen-bond acceptors (Lipinski definition) is 3. The molecule has 2 N–H and O–H groups in total. The van der Waals surface area contributed by atoms with E-state index in [4.69, 9.17) is 5.73 Å². The van der Waals surface area contributed by atoms with Gasteiger partial charge < -0.3 is 5.73 Å². The van der Waals surface area contributed by atoms with Crippen LogP contribution in [0.3, 0.4) is 0 Å². The fourth-order valence-corrected chi connectivity index (χ4v) is 3.81. The lowest BCUT2D eigenvalue weighted by Gasteiger charge is -2.19. The normalized spacial score (nSPS) is 17.1. The van der Waals surface area contributed by atoms with E-state index in [1.807, 2.05) is 0 Å². The second kappa shape index (κ2) is 6.89. The summed E-state index contributed by atoms with van der Waals surface area (Å²) in [6, 6.07) is 6.71. The Bertz CT molecular complexity index is 589. The van der Waals surface area contributed by atoms with Gasteiger partial charge in [0.2, 0.25) is 10.0 Å². The summed E-state index contributed by atoms with van der Waals surface area (Å²) < 4.78 is 26.7. The van der Waals surface area contributed by atoms with Crippen LogP contribution in [0.1, 0.15) is 31.2 Å². The first-order valence-electron chi connectivity index (χ1n) is 6.94. The summed E-state index contributed by atoms with van der Waals surface area (Å²) in [5, 5.41) is 0. The minimum absolute atomic E-state index is 0.299. The van der Waals surface area contributed by atoms with Crippen molar-refractivity contribution in [3.05, 3.63) is 29.8 Å². The molecule has 0 spiro atoms. The van der Waals surface area contributed by atoms with E-state index in [0.717, 1.165) is 31.2 Å². The molecule has 0 saturated carbocycles. The summed E-state index contributed by atoms with van der Waals surface area (Å²) in [5.74, 6) is 5.64. The molecular formula is C15H20N2O2S. The lowest BCUT2D eigenvalue weighted by Crippen LogP contribution is -2.31. The van der Waals surface area contributed by atoms with E-state index in [9.17, 15) is 8.42 Å². The Labute approximate surface area is 121 Å². The van der Waals surface area contributed by atoms with Gasteiger partial charge in [0.25, 0.3) is 0 Å². The molecule has 108 valence electrons. The largest absolute Gasteiger partial charge is 0.320 e. The topological polar surface area (TPSA) is 63.4 Å². The molecule has 0 atom stereocenters. The van der Waals surface area contributed by atoms with Crippen molar-refractivity contribution in [1.29, 1.82) is 0 Å². The van der Waals surface area contributed by atoms with Crippen molar-refractivity contribution in [2.75, 3.05) is 19.6 Å². The van der Waals surface area contributed by atoms with Crippen LogP contribution in [-0.4, -0.2) is 32.4 Å². The van der Waals surface area contributed by atoms with Crippen LogP contribution in [-0.2, 0) is 10.0 Å². The third-order valence-electron chi connectivity index (χ3n) is 3.39. The molecule has 0 bridgehead atoms. The van der Waals surface area contributed by atoms with E-state index >= 15 is 0 Å². The summed E-state index contributed by atoms with van der Waals surface area (Å²) in [4.78, 5) is 0.345. The molecule has 1 aliphatic heterocycles. The Hall–Kier alpha value is -1.35. The van der Waals surface area contributed by atoms with Gasteiger partial charge >= 0.3 is 0 Å². The number of nitrogens with two attached hydrogens (primary N) is 1. The predicted molar refractivity (Wildman–Crippen MR) is 79.6 cm³/mol. The van der Waals surface area contributed by atoms with E-state index in [-0.39, 0.29) is 0 Å². The van der Waals surface area contributed by atoms with Crippen LogP contribution in [0.2, 0.25) is 0 Å². The molecule has 1 saturated heterocycles. The molecule has 0 amide bonds. The molecule has 2 rings (SSSR count). The maximum absolute atomic E-state index is 12.5. The van der Waals surface area contributed by atoms with Crippen molar-refractivity contribution in [1.82, 2.24) is 4.31 Å². The van der Waals surface area contributed by atoms with E-state index < -0.39 is 10.0 Å². The standard InChI is InChI=1S/C15H20N2O2S/c16-11-5-6-14-7-9-15(10-8-14)20(18,19)17-12-3-1-2-4-13-17/h7-10H,1-4,11-13,16H2. The SMILES string of the molecule is NCC#Cc1ccc(S(=O)(=O)N2CCCCCC2)cc1. The zero-order valence-electron chi connectivity index (χ0n) is 11.5. The highest BCUT2D eigenvalue weighted by atomic mass is 32.2. The first kappa shape index (κ1) is 15.0. The monoisotopic (exact) mass is 292 g/mol. The minimum Gasteiger partial charge on any atom is -0.320 e. The van der Waals surface area contributed by atoms with Crippen LogP contribution in [0.15, 0.2) is 29.2 Å². The highest BCUT2D eigenvalue weighted by Crippen LogP contribution is 2.20. The second-order valence-corrected chi connectivity index (χ2v) is 6.79. The molecule has 5 heteroatoms. The van der Waals surface area contributed by atoms with E-state index in [1.165, 1.54) is 0 Å². The quantitative estimate of drug-likeness (QED) is 0.841. The molecular weight excluding hydrogens is 272 g/mol. The Balaban J connectivity index is 2.20. The molecule has 0 unspecified atom stereocenters. The van der Waals surface area contributed by atoms with Crippen molar-refractivity contribution in [2.45, 2.75) is 30.6 Å². The zero-order chi connectivity index (χ0) is 14.4. The first-order chi connectivity index (χ1) is 9.64. The molecule has 1 aliphatic rings. The smallest absolute Gasteiger partial charge is 0.243 e. The van der Waals surface area contributed by atoms with Crippen LogP contribution in [0.4, 0.5) is 0 Å². The Kier molecular flexibility index (Phi) is 5.18. The van der Waals surface area contributed by atoms with Gasteiger partial charge in [-0.3, -0.25) is 0 Å². The number of sulfonamides is 1. The molecule has 1 aromatic carbocycles. The predicted octanol–water partition coefficient (Wildman–Crippen LogP) is 1.56. The highest BCUT2D eigenvalue weighted by molar-refractivity contribution is 7.89. The summed E-state index contributed by atoms with van der Waals surface area (Å²) in [7, 11) is -3.36. The summed E-state index contributed by atoms with van der Waals surface area (Å²) in [5.41, 5.74) is 6.09. The zero-order valence-corrected chi connectivity index (χ0v) is 12.3. The fraction of sp³-hybridized carbons (Fsp3) is 0.467. The maximum Gasteiger partial charge on any atom is 0.243 e.